The minimum atomic E-state index is -0.0624. The summed E-state index contributed by atoms with van der Waals surface area (Å²) in [6.45, 7) is 0. The summed E-state index contributed by atoms with van der Waals surface area (Å²) in [7, 11) is 0. The van der Waals surface area contributed by atoms with E-state index >= 15 is 0 Å². The molecule has 4 heteroatoms. The first-order valence-corrected chi connectivity index (χ1v) is 7.23. The van der Waals surface area contributed by atoms with E-state index in [0.717, 1.165) is 10.0 Å². The van der Waals surface area contributed by atoms with Gasteiger partial charge in [-0.05, 0) is 34.1 Å². The van der Waals surface area contributed by atoms with E-state index in [4.69, 9.17) is 4.42 Å². The maximum Gasteiger partial charge on any atom is 0.207 e. The van der Waals surface area contributed by atoms with Crippen LogP contribution in [-0.2, 0) is 0 Å². The second-order valence-corrected chi connectivity index (χ2v) is 5.70. The summed E-state index contributed by atoms with van der Waals surface area (Å²) in [6.07, 6.45) is 0. The van der Waals surface area contributed by atoms with Crippen molar-refractivity contribution < 1.29 is 4.42 Å². The molecule has 0 bridgehead atoms. The van der Waals surface area contributed by atoms with E-state index in [2.05, 4.69) is 31.9 Å². The van der Waals surface area contributed by atoms with Crippen LogP contribution in [0.1, 0.15) is 0 Å². The minimum absolute atomic E-state index is 0.0624. The molecule has 0 aliphatic carbocycles. The summed E-state index contributed by atoms with van der Waals surface area (Å²) in [5.41, 5.74) is 1.37. The van der Waals surface area contributed by atoms with Gasteiger partial charge >= 0.3 is 0 Å². The van der Waals surface area contributed by atoms with Crippen molar-refractivity contribution in [1.82, 2.24) is 0 Å². The van der Waals surface area contributed by atoms with E-state index in [0.29, 0.717) is 21.2 Å². The molecule has 0 aliphatic rings. The number of halogens is 2. The van der Waals surface area contributed by atoms with Crippen LogP contribution in [0.4, 0.5) is 0 Å². The van der Waals surface area contributed by atoms with Crippen molar-refractivity contribution in [2.75, 3.05) is 0 Å². The number of rotatable bonds is 1. The first kappa shape index (κ1) is 12.6. The molecule has 3 aromatic rings. The fourth-order valence-electron chi connectivity index (χ4n) is 1.94. The highest BCUT2D eigenvalue weighted by Gasteiger charge is 2.15. The molecule has 2 aromatic carbocycles. The van der Waals surface area contributed by atoms with Crippen LogP contribution in [0.3, 0.4) is 0 Å². The van der Waals surface area contributed by atoms with Gasteiger partial charge in [-0.2, -0.15) is 0 Å². The molecule has 94 valence electrons. The zero-order valence-corrected chi connectivity index (χ0v) is 12.9. The fraction of sp³-hybridized carbons (Fsp3) is 0. The lowest BCUT2D eigenvalue weighted by atomic mass is 10.1. The molecular formula is C15H8Br2O2. The van der Waals surface area contributed by atoms with Crippen LogP contribution in [0.2, 0.25) is 0 Å². The molecule has 0 atom stereocenters. The van der Waals surface area contributed by atoms with Gasteiger partial charge in [-0.1, -0.05) is 46.3 Å². The third-order valence-electron chi connectivity index (χ3n) is 2.86. The first-order valence-electron chi connectivity index (χ1n) is 5.65. The molecule has 3 rings (SSSR count). The molecule has 0 saturated heterocycles. The van der Waals surface area contributed by atoms with Gasteiger partial charge in [-0.25, -0.2) is 0 Å². The van der Waals surface area contributed by atoms with Gasteiger partial charge < -0.3 is 4.42 Å². The maximum atomic E-state index is 12.3. The molecule has 0 saturated carbocycles. The van der Waals surface area contributed by atoms with Gasteiger partial charge in [0.05, 0.1) is 5.39 Å². The largest absolute Gasteiger partial charge is 0.455 e. The van der Waals surface area contributed by atoms with E-state index < -0.39 is 0 Å². The third-order valence-corrected chi connectivity index (χ3v) is 4.27. The second-order valence-electron chi connectivity index (χ2n) is 4.05. The maximum absolute atomic E-state index is 12.3. The van der Waals surface area contributed by atoms with E-state index in [1.54, 1.807) is 12.1 Å². The Kier molecular flexibility index (Phi) is 3.29. The second kappa shape index (κ2) is 4.94. The summed E-state index contributed by atoms with van der Waals surface area (Å²) in [6, 6.07) is 14.9. The van der Waals surface area contributed by atoms with Gasteiger partial charge in [-0.15, -0.1) is 0 Å². The molecule has 1 heterocycles. The Hall–Kier alpha value is -1.39. The number of hydrogen-bond acceptors (Lipinski definition) is 2. The van der Waals surface area contributed by atoms with Crippen LogP contribution in [-0.4, -0.2) is 0 Å². The van der Waals surface area contributed by atoms with E-state index in [1.165, 1.54) is 0 Å². The first-order chi connectivity index (χ1) is 9.18. The van der Waals surface area contributed by atoms with Gasteiger partial charge in [0.1, 0.15) is 10.1 Å². The van der Waals surface area contributed by atoms with Crippen LogP contribution in [0, 0.1) is 0 Å². The topological polar surface area (TPSA) is 30.2 Å². The van der Waals surface area contributed by atoms with E-state index in [9.17, 15) is 4.79 Å². The van der Waals surface area contributed by atoms with Crippen LogP contribution >= 0.6 is 31.9 Å². The average molecular weight is 380 g/mol. The van der Waals surface area contributed by atoms with E-state index in [1.807, 2.05) is 36.4 Å². The lowest BCUT2D eigenvalue weighted by Crippen LogP contribution is -2.04. The molecule has 0 N–H and O–H groups in total. The SMILES string of the molecule is O=c1c(Br)c(-c2ccccc2Br)oc2ccccc12. The van der Waals surface area contributed by atoms with Crippen LogP contribution in [0.15, 0.2) is 66.7 Å². The monoisotopic (exact) mass is 378 g/mol. The highest BCUT2D eigenvalue weighted by molar-refractivity contribution is 9.11. The van der Waals surface area contributed by atoms with Crippen molar-refractivity contribution in [2.24, 2.45) is 0 Å². The highest BCUT2D eigenvalue weighted by Crippen LogP contribution is 2.33. The Morgan fingerprint density at radius 3 is 2.37 bits per heavy atom. The molecule has 0 spiro atoms. The molecule has 1 aromatic heterocycles. The van der Waals surface area contributed by atoms with E-state index in [-0.39, 0.29) is 5.43 Å². The van der Waals surface area contributed by atoms with Gasteiger partial charge in [0.25, 0.3) is 0 Å². The molecule has 0 radical (unpaired) electrons. The van der Waals surface area contributed by atoms with Crippen molar-refractivity contribution >= 4 is 42.8 Å². The van der Waals surface area contributed by atoms with Crippen molar-refractivity contribution in [1.29, 1.82) is 0 Å². The minimum Gasteiger partial charge on any atom is -0.455 e. The number of fused-ring (bicyclic) bond motifs is 1. The van der Waals surface area contributed by atoms with Crippen molar-refractivity contribution in [3.8, 4) is 11.3 Å². The van der Waals surface area contributed by atoms with Gasteiger partial charge in [0.15, 0.2) is 5.76 Å². The number of hydrogen-bond donors (Lipinski definition) is 0. The van der Waals surface area contributed by atoms with Crippen LogP contribution in [0.25, 0.3) is 22.3 Å². The van der Waals surface area contributed by atoms with Gasteiger partial charge in [-0.3, -0.25) is 4.79 Å². The standard InChI is InChI=1S/C15H8Br2O2/c16-11-7-3-1-5-9(11)15-13(17)14(18)10-6-2-4-8-12(10)19-15/h1-8H. The van der Waals surface area contributed by atoms with Crippen LogP contribution < -0.4 is 5.43 Å². The summed E-state index contributed by atoms with van der Waals surface area (Å²) in [4.78, 5) is 12.3. The van der Waals surface area contributed by atoms with Gasteiger partial charge in [0.2, 0.25) is 5.43 Å². The molecule has 0 aliphatic heterocycles. The predicted molar refractivity (Wildman–Crippen MR) is 83.3 cm³/mol. The Labute approximate surface area is 126 Å². The molecule has 0 fully saturated rings. The summed E-state index contributed by atoms with van der Waals surface area (Å²) in [5.74, 6) is 0.538. The zero-order chi connectivity index (χ0) is 13.4. The third kappa shape index (κ3) is 2.15. The highest BCUT2D eigenvalue weighted by atomic mass is 79.9. The Morgan fingerprint density at radius 1 is 0.895 bits per heavy atom. The molecule has 0 amide bonds. The fourth-order valence-corrected chi connectivity index (χ4v) is 2.91. The lowest BCUT2D eigenvalue weighted by Gasteiger charge is -2.07. The zero-order valence-electron chi connectivity index (χ0n) is 9.69. The Bertz CT molecular complexity index is 822. The molecular weight excluding hydrogens is 372 g/mol. The number of benzene rings is 2. The Morgan fingerprint density at radius 2 is 1.58 bits per heavy atom. The molecule has 0 unspecified atom stereocenters. The van der Waals surface area contributed by atoms with Gasteiger partial charge in [0, 0.05) is 10.0 Å². The normalized spacial score (nSPS) is 10.8. The predicted octanol–water partition coefficient (Wildman–Crippen LogP) is 4.99. The summed E-state index contributed by atoms with van der Waals surface area (Å²) in [5, 5.41) is 0.574. The quantitative estimate of drug-likeness (QED) is 0.596. The smallest absolute Gasteiger partial charge is 0.207 e. The Balaban J connectivity index is 2.40. The average Bonchev–Trinajstić information content (AvgIpc) is 2.44. The van der Waals surface area contributed by atoms with Crippen molar-refractivity contribution in [3.63, 3.8) is 0 Å². The lowest BCUT2D eigenvalue weighted by molar-refractivity contribution is 0.615. The summed E-state index contributed by atoms with van der Waals surface area (Å²) >= 11 is 6.82. The summed E-state index contributed by atoms with van der Waals surface area (Å²) < 4.78 is 7.19. The van der Waals surface area contributed by atoms with Crippen LogP contribution in [0.5, 0.6) is 0 Å². The number of para-hydroxylation sites is 1. The van der Waals surface area contributed by atoms with Crippen molar-refractivity contribution in [3.05, 3.63) is 67.7 Å². The molecule has 2 nitrogen and oxygen atoms in total. The molecule has 19 heavy (non-hydrogen) atoms. The van der Waals surface area contributed by atoms with Crippen molar-refractivity contribution in [2.45, 2.75) is 0 Å².